The first kappa shape index (κ1) is 19.4. The van der Waals surface area contributed by atoms with Crippen LogP contribution in [-0.4, -0.2) is 24.5 Å². The lowest BCUT2D eigenvalue weighted by Gasteiger charge is -2.23. The number of amides is 1. The van der Waals surface area contributed by atoms with E-state index in [1.165, 1.54) is 5.57 Å². The Balaban J connectivity index is 2.07. The summed E-state index contributed by atoms with van der Waals surface area (Å²) in [5.74, 6) is 0.0701. The van der Waals surface area contributed by atoms with Crippen LogP contribution in [0.2, 0.25) is 0 Å². The van der Waals surface area contributed by atoms with Gasteiger partial charge in [-0.2, -0.15) is 0 Å². The molecule has 3 rings (SSSR count). The minimum absolute atomic E-state index is 0.323. The minimum atomic E-state index is -0.323. The summed E-state index contributed by atoms with van der Waals surface area (Å²) in [6.45, 7) is 11.7. The van der Waals surface area contributed by atoms with E-state index in [4.69, 9.17) is 4.74 Å². The van der Waals surface area contributed by atoms with Gasteiger partial charge in [0.2, 0.25) is 6.41 Å². The fourth-order valence-corrected chi connectivity index (χ4v) is 4.07. The van der Waals surface area contributed by atoms with E-state index in [0.717, 1.165) is 72.0 Å². The standard InChI is InChI=1S/C23H28FNO2/c1-5-7-15(2)12-22-18(9-10-25(22)14-26)16(3)20-13-21(24)23-19(17(20)4)8-6-11-27-23/h12-14H,3,5-11H2,1-2,4H3/b15-12-. The fourth-order valence-electron chi connectivity index (χ4n) is 4.07. The van der Waals surface area contributed by atoms with Gasteiger partial charge in [0.05, 0.1) is 6.61 Å². The van der Waals surface area contributed by atoms with Crippen LogP contribution in [0.3, 0.4) is 0 Å². The Morgan fingerprint density at radius 3 is 2.89 bits per heavy atom. The van der Waals surface area contributed by atoms with Crippen LogP contribution in [0.5, 0.6) is 5.75 Å². The maximum absolute atomic E-state index is 14.6. The Labute approximate surface area is 161 Å². The Morgan fingerprint density at radius 1 is 1.41 bits per heavy atom. The molecule has 2 aliphatic heterocycles. The van der Waals surface area contributed by atoms with E-state index in [1.54, 1.807) is 11.0 Å². The van der Waals surface area contributed by atoms with Gasteiger partial charge in [-0.1, -0.05) is 25.5 Å². The summed E-state index contributed by atoms with van der Waals surface area (Å²) >= 11 is 0. The van der Waals surface area contributed by atoms with Crippen LogP contribution in [0, 0.1) is 12.7 Å². The minimum Gasteiger partial charge on any atom is -0.490 e. The van der Waals surface area contributed by atoms with E-state index in [2.05, 4.69) is 26.5 Å². The topological polar surface area (TPSA) is 29.5 Å². The average Bonchev–Trinajstić information content (AvgIpc) is 3.06. The lowest BCUT2D eigenvalue weighted by atomic mass is 9.88. The second-order valence-corrected chi connectivity index (χ2v) is 7.42. The number of carbonyl (C=O) groups excluding carboxylic acids is 1. The van der Waals surface area contributed by atoms with Gasteiger partial charge in [0.1, 0.15) is 0 Å². The van der Waals surface area contributed by atoms with Gasteiger partial charge in [-0.15, -0.1) is 0 Å². The van der Waals surface area contributed by atoms with Crippen LogP contribution >= 0.6 is 0 Å². The first-order valence-electron chi connectivity index (χ1n) is 9.74. The number of ether oxygens (including phenoxy) is 1. The van der Waals surface area contributed by atoms with Crippen molar-refractivity contribution in [3.05, 3.63) is 58.1 Å². The smallest absolute Gasteiger partial charge is 0.214 e. The second kappa shape index (κ2) is 8.12. The summed E-state index contributed by atoms with van der Waals surface area (Å²) in [6.07, 6.45) is 7.45. The first-order chi connectivity index (χ1) is 13.0. The summed E-state index contributed by atoms with van der Waals surface area (Å²) in [5, 5.41) is 0. The molecular formula is C23H28FNO2. The zero-order valence-corrected chi connectivity index (χ0v) is 16.5. The van der Waals surface area contributed by atoms with Crippen molar-refractivity contribution in [1.82, 2.24) is 4.90 Å². The van der Waals surface area contributed by atoms with Crippen LogP contribution in [-0.2, 0) is 11.2 Å². The molecule has 0 saturated heterocycles. The van der Waals surface area contributed by atoms with Crippen LogP contribution in [0.25, 0.3) is 5.57 Å². The maximum Gasteiger partial charge on any atom is 0.214 e. The van der Waals surface area contributed by atoms with Gasteiger partial charge in [0, 0.05) is 17.8 Å². The van der Waals surface area contributed by atoms with Gasteiger partial charge >= 0.3 is 0 Å². The van der Waals surface area contributed by atoms with Gasteiger partial charge in [0.15, 0.2) is 11.6 Å². The third-order valence-electron chi connectivity index (χ3n) is 5.50. The molecule has 0 radical (unpaired) electrons. The van der Waals surface area contributed by atoms with Crippen molar-refractivity contribution >= 4 is 12.0 Å². The molecule has 0 unspecified atom stereocenters. The number of hydrogen-bond donors (Lipinski definition) is 0. The largest absolute Gasteiger partial charge is 0.490 e. The van der Waals surface area contributed by atoms with E-state index in [0.29, 0.717) is 18.9 Å². The summed E-state index contributed by atoms with van der Waals surface area (Å²) in [5.41, 5.74) is 6.75. The normalized spacial score (nSPS) is 17.0. The molecule has 2 aliphatic rings. The monoisotopic (exact) mass is 369 g/mol. The van der Waals surface area contributed by atoms with Gasteiger partial charge in [-0.3, -0.25) is 4.79 Å². The molecule has 1 aromatic carbocycles. The number of rotatable bonds is 6. The van der Waals surface area contributed by atoms with Crippen molar-refractivity contribution < 1.29 is 13.9 Å². The molecule has 0 aliphatic carbocycles. The summed E-state index contributed by atoms with van der Waals surface area (Å²) in [4.78, 5) is 13.3. The number of benzene rings is 1. The predicted molar refractivity (Wildman–Crippen MR) is 107 cm³/mol. The molecule has 0 bridgehead atoms. The molecule has 3 nitrogen and oxygen atoms in total. The Hall–Kier alpha value is -2.36. The molecule has 0 N–H and O–H groups in total. The highest BCUT2D eigenvalue weighted by atomic mass is 19.1. The van der Waals surface area contributed by atoms with Crippen LogP contribution in [0.1, 0.15) is 56.2 Å². The number of hydrogen-bond acceptors (Lipinski definition) is 2. The third-order valence-corrected chi connectivity index (χ3v) is 5.50. The van der Waals surface area contributed by atoms with Gasteiger partial charge < -0.3 is 9.64 Å². The van der Waals surface area contributed by atoms with E-state index >= 15 is 0 Å². The lowest BCUT2D eigenvalue weighted by molar-refractivity contribution is -0.115. The molecule has 0 aromatic heterocycles. The van der Waals surface area contributed by atoms with Gasteiger partial charge in [-0.05, 0) is 73.9 Å². The molecular weight excluding hydrogens is 341 g/mol. The molecule has 1 aromatic rings. The molecule has 27 heavy (non-hydrogen) atoms. The van der Waals surface area contributed by atoms with Crippen molar-refractivity contribution in [3.63, 3.8) is 0 Å². The molecule has 4 heteroatoms. The van der Waals surface area contributed by atoms with Gasteiger partial charge in [0.25, 0.3) is 0 Å². The molecule has 0 fully saturated rings. The third kappa shape index (κ3) is 3.71. The van der Waals surface area contributed by atoms with E-state index in [1.807, 2.05) is 6.92 Å². The Bertz CT molecular complexity index is 835. The predicted octanol–water partition coefficient (Wildman–Crippen LogP) is 5.33. The highest BCUT2D eigenvalue weighted by Crippen LogP contribution is 2.40. The van der Waals surface area contributed by atoms with Crippen molar-refractivity contribution in [3.8, 4) is 5.75 Å². The number of fused-ring (bicyclic) bond motifs is 1. The molecule has 144 valence electrons. The van der Waals surface area contributed by atoms with E-state index < -0.39 is 0 Å². The number of carbonyl (C=O) groups is 1. The lowest BCUT2D eigenvalue weighted by Crippen LogP contribution is -2.16. The maximum atomic E-state index is 14.6. The van der Waals surface area contributed by atoms with E-state index in [9.17, 15) is 9.18 Å². The van der Waals surface area contributed by atoms with Crippen molar-refractivity contribution in [1.29, 1.82) is 0 Å². The van der Waals surface area contributed by atoms with Crippen molar-refractivity contribution in [2.75, 3.05) is 13.2 Å². The van der Waals surface area contributed by atoms with Crippen molar-refractivity contribution in [2.45, 2.75) is 52.9 Å². The summed E-state index contributed by atoms with van der Waals surface area (Å²) < 4.78 is 20.2. The van der Waals surface area contributed by atoms with Gasteiger partial charge in [-0.25, -0.2) is 4.39 Å². The fraction of sp³-hybridized carbons (Fsp3) is 0.435. The highest BCUT2D eigenvalue weighted by molar-refractivity contribution is 5.83. The molecule has 0 saturated carbocycles. The molecule has 0 atom stereocenters. The Kier molecular flexibility index (Phi) is 5.83. The van der Waals surface area contributed by atoms with Crippen LogP contribution in [0.15, 0.2) is 35.6 Å². The molecule has 1 amide bonds. The highest BCUT2D eigenvalue weighted by Gasteiger charge is 2.26. The summed E-state index contributed by atoms with van der Waals surface area (Å²) in [6, 6.07) is 1.54. The second-order valence-electron chi connectivity index (χ2n) is 7.42. The Morgan fingerprint density at radius 2 is 2.19 bits per heavy atom. The SMILES string of the molecule is C=C(C1=C(/C=C(/C)CCC)N(C=O)CC1)c1cc(F)c2c(c1C)CCCO2. The zero-order valence-electron chi connectivity index (χ0n) is 16.5. The van der Waals surface area contributed by atoms with Crippen molar-refractivity contribution in [2.24, 2.45) is 0 Å². The van der Waals surface area contributed by atoms with Crippen LogP contribution < -0.4 is 4.74 Å². The first-order valence-corrected chi connectivity index (χ1v) is 9.74. The number of allylic oxidation sites excluding steroid dienone is 3. The number of halogens is 1. The quantitative estimate of drug-likeness (QED) is 0.634. The summed E-state index contributed by atoms with van der Waals surface area (Å²) in [7, 11) is 0. The molecule has 0 spiro atoms. The number of nitrogens with zero attached hydrogens (tertiary/aromatic N) is 1. The van der Waals surface area contributed by atoms with E-state index in [-0.39, 0.29) is 5.82 Å². The zero-order chi connectivity index (χ0) is 19.6. The molecule has 2 heterocycles. The average molecular weight is 369 g/mol. The van der Waals surface area contributed by atoms with Crippen LogP contribution in [0.4, 0.5) is 4.39 Å².